The van der Waals surface area contributed by atoms with Crippen LogP contribution in [0.15, 0.2) is 12.1 Å². The zero-order valence-corrected chi connectivity index (χ0v) is 10.8. The monoisotopic (exact) mass is 268 g/mol. The third kappa shape index (κ3) is 2.93. The molecule has 0 aliphatic carbocycles. The Hall–Kier alpha value is -1.89. The molecule has 0 atom stereocenters. The first kappa shape index (κ1) is 13.5. The van der Waals surface area contributed by atoms with Crippen LogP contribution in [0.25, 0.3) is 0 Å². The van der Waals surface area contributed by atoms with E-state index in [0.29, 0.717) is 12.2 Å². The Morgan fingerprint density at radius 3 is 2.74 bits per heavy atom. The van der Waals surface area contributed by atoms with Gasteiger partial charge in [-0.05, 0) is 26.1 Å². The van der Waals surface area contributed by atoms with Crippen LogP contribution >= 0.6 is 0 Å². The van der Waals surface area contributed by atoms with Gasteiger partial charge in [0, 0.05) is 19.6 Å². The number of hydrogen-bond donors (Lipinski definition) is 1. The maximum atomic E-state index is 14.0. The molecule has 1 aromatic carbocycles. The van der Waals surface area contributed by atoms with E-state index in [2.05, 4.69) is 4.90 Å². The zero-order valence-electron chi connectivity index (χ0n) is 10.8. The van der Waals surface area contributed by atoms with Crippen molar-refractivity contribution < 1.29 is 9.31 Å². The second-order valence-corrected chi connectivity index (χ2v) is 4.76. The number of likely N-dealkylation sites (N-methyl/N-ethyl adjacent to an activating group) is 1. The molecule has 19 heavy (non-hydrogen) atoms. The lowest BCUT2D eigenvalue weighted by Crippen LogP contribution is -2.29. The van der Waals surface area contributed by atoms with Crippen molar-refractivity contribution in [3.8, 4) is 0 Å². The molecule has 0 aromatic heterocycles. The van der Waals surface area contributed by atoms with Crippen molar-refractivity contribution in [2.24, 2.45) is 0 Å². The summed E-state index contributed by atoms with van der Waals surface area (Å²) in [6, 6.07) is 2.26. The number of benzene rings is 1. The van der Waals surface area contributed by atoms with Gasteiger partial charge in [-0.25, -0.2) is 4.39 Å². The summed E-state index contributed by atoms with van der Waals surface area (Å²) >= 11 is 0. The molecule has 0 radical (unpaired) electrons. The highest BCUT2D eigenvalue weighted by atomic mass is 19.1. The van der Waals surface area contributed by atoms with Crippen molar-refractivity contribution >= 4 is 17.1 Å². The van der Waals surface area contributed by atoms with E-state index < -0.39 is 10.7 Å². The average Bonchev–Trinajstić information content (AvgIpc) is 2.56. The van der Waals surface area contributed by atoms with E-state index in [9.17, 15) is 14.5 Å². The van der Waals surface area contributed by atoms with Crippen molar-refractivity contribution in [2.45, 2.75) is 6.42 Å². The molecule has 6 nitrogen and oxygen atoms in total. The van der Waals surface area contributed by atoms with E-state index in [1.165, 1.54) is 6.07 Å². The Morgan fingerprint density at radius 2 is 2.05 bits per heavy atom. The first-order chi connectivity index (χ1) is 8.99. The number of nitro benzene ring substituents is 1. The van der Waals surface area contributed by atoms with Crippen molar-refractivity contribution in [3.63, 3.8) is 0 Å². The highest BCUT2D eigenvalue weighted by Crippen LogP contribution is 2.30. The van der Waals surface area contributed by atoms with Gasteiger partial charge in [-0.3, -0.25) is 10.1 Å². The van der Waals surface area contributed by atoms with Gasteiger partial charge in [-0.15, -0.1) is 0 Å². The van der Waals surface area contributed by atoms with Crippen LogP contribution in [0.4, 0.5) is 21.5 Å². The predicted octanol–water partition coefficient (Wildman–Crippen LogP) is 1.46. The number of anilines is 2. The molecule has 2 N–H and O–H groups in total. The quantitative estimate of drug-likeness (QED) is 0.499. The summed E-state index contributed by atoms with van der Waals surface area (Å²) in [5, 5.41) is 10.7. The lowest BCUT2D eigenvalue weighted by atomic mass is 10.2. The predicted molar refractivity (Wildman–Crippen MR) is 71.8 cm³/mol. The maximum Gasteiger partial charge on any atom is 0.295 e. The highest BCUT2D eigenvalue weighted by molar-refractivity contribution is 5.67. The minimum atomic E-state index is -0.668. The van der Waals surface area contributed by atoms with Gasteiger partial charge in [-0.1, -0.05) is 0 Å². The van der Waals surface area contributed by atoms with Gasteiger partial charge in [0.05, 0.1) is 16.7 Å². The standard InChI is InChI=1S/C12H17FN4O2/c1-15-3-2-4-16(6-5-15)11-8-10(14)12(17(18)19)7-9(11)13/h7-8H,2-6,14H2,1H3. The third-order valence-electron chi connectivity index (χ3n) is 3.35. The van der Waals surface area contributed by atoms with E-state index in [0.717, 1.165) is 32.1 Å². The second kappa shape index (κ2) is 5.40. The zero-order chi connectivity index (χ0) is 14.0. The van der Waals surface area contributed by atoms with Gasteiger partial charge in [-0.2, -0.15) is 0 Å². The normalized spacial score (nSPS) is 17.3. The number of hydrogen-bond acceptors (Lipinski definition) is 5. The van der Waals surface area contributed by atoms with Crippen LogP contribution in [0.5, 0.6) is 0 Å². The SMILES string of the molecule is CN1CCCN(c2cc(N)c([N+](=O)[O-])cc2F)CC1. The Bertz CT molecular complexity index is 495. The van der Waals surface area contributed by atoms with E-state index >= 15 is 0 Å². The molecule has 0 unspecified atom stereocenters. The molecule has 1 saturated heterocycles. The summed E-state index contributed by atoms with van der Waals surface area (Å²) in [5.41, 5.74) is 5.58. The van der Waals surface area contributed by atoms with Gasteiger partial charge < -0.3 is 15.5 Å². The molecule has 104 valence electrons. The summed E-state index contributed by atoms with van der Waals surface area (Å²) in [6.45, 7) is 3.19. The van der Waals surface area contributed by atoms with Crippen molar-refractivity contribution in [1.82, 2.24) is 4.90 Å². The topological polar surface area (TPSA) is 75.6 Å². The number of nitro groups is 1. The lowest BCUT2D eigenvalue weighted by molar-refractivity contribution is -0.384. The fraction of sp³-hybridized carbons (Fsp3) is 0.500. The summed E-state index contributed by atoms with van der Waals surface area (Å²) in [4.78, 5) is 14.1. The molecule has 0 saturated carbocycles. The van der Waals surface area contributed by atoms with Gasteiger partial charge in [0.15, 0.2) is 5.82 Å². The first-order valence-corrected chi connectivity index (χ1v) is 6.16. The summed E-state index contributed by atoms with van der Waals surface area (Å²) in [7, 11) is 2.02. The van der Waals surface area contributed by atoms with Crippen LogP contribution in [-0.4, -0.2) is 43.0 Å². The molecule has 0 bridgehead atoms. The fourth-order valence-corrected chi connectivity index (χ4v) is 2.26. The number of nitrogens with zero attached hydrogens (tertiary/aromatic N) is 3. The molecule has 7 heteroatoms. The largest absolute Gasteiger partial charge is 0.393 e. The van der Waals surface area contributed by atoms with Gasteiger partial charge in [0.1, 0.15) is 5.69 Å². The molecule has 0 amide bonds. The Balaban J connectivity index is 2.29. The van der Waals surface area contributed by atoms with Crippen LogP contribution in [0, 0.1) is 15.9 Å². The van der Waals surface area contributed by atoms with Gasteiger partial charge in [0.25, 0.3) is 5.69 Å². The Labute approximate surface area is 110 Å². The van der Waals surface area contributed by atoms with Crippen LogP contribution < -0.4 is 10.6 Å². The van der Waals surface area contributed by atoms with Crippen LogP contribution in [-0.2, 0) is 0 Å². The van der Waals surface area contributed by atoms with Crippen molar-refractivity contribution in [1.29, 1.82) is 0 Å². The van der Waals surface area contributed by atoms with Gasteiger partial charge in [0.2, 0.25) is 0 Å². The molecular weight excluding hydrogens is 251 g/mol. The van der Waals surface area contributed by atoms with Crippen LogP contribution in [0.3, 0.4) is 0 Å². The van der Waals surface area contributed by atoms with Crippen LogP contribution in [0.2, 0.25) is 0 Å². The van der Waals surface area contributed by atoms with E-state index in [4.69, 9.17) is 5.73 Å². The lowest BCUT2D eigenvalue weighted by Gasteiger charge is -2.23. The molecule has 1 aromatic rings. The minimum Gasteiger partial charge on any atom is -0.393 e. The Morgan fingerprint density at radius 1 is 1.32 bits per heavy atom. The smallest absolute Gasteiger partial charge is 0.295 e. The van der Waals surface area contributed by atoms with Crippen molar-refractivity contribution in [2.75, 3.05) is 43.9 Å². The third-order valence-corrected chi connectivity index (χ3v) is 3.35. The number of nitrogen functional groups attached to an aromatic ring is 1. The van der Waals surface area contributed by atoms with Crippen molar-refractivity contribution in [3.05, 3.63) is 28.1 Å². The van der Waals surface area contributed by atoms with E-state index in [1.807, 2.05) is 11.9 Å². The Kier molecular flexibility index (Phi) is 3.84. The summed E-state index contributed by atoms with van der Waals surface area (Å²) in [6.07, 6.45) is 0.923. The fourth-order valence-electron chi connectivity index (χ4n) is 2.26. The molecule has 1 aliphatic rings. The van der Waals surface area contributed by atoms with E-state index in [1.54, 1.807) is 0 Å². The summed E-state index contributed by atoms with van der Waals surface area (Å²) in [5.74, 6) is -0.592. The molecule has 2 rings (SSSR count). The highest BCUT2D eigenvalue weighted by Gasteiger charge is 2.21. The second-order valence-electron chi connectivity index (χ2n) is 4.76. The molecule has 0 spiro atoms. The molecule has 1 aliphatic heterocycles. The first-order valence-electron chi connectivity index (χ1n) is 6.16. The molecule has 1 heterocycles. The van der Waals surface area contributed by atoms with Crippen LogP contribution in [0.1, 0.15) is 6.42 Å². The number of rotatable bonds is 2. The number of nitrogens with two attached hydrogens (primary N) is 1. The summed E-state index contributed by atoms with van der Waals surface area (Å²) < 4.78 is 14.0. The van der Waals surface area contributed by atoms with E-state index in [-0.39, 0.29) is 11.4 Å². The number of halogens is 1. The minimum absolute atomic E-state index is 0.000925. The average molecular weight is 268 g/mol. The molecule has 1 fully saturated rings. The molecular formula is C12H17FN4O2. The van der Waals surface area contributed by atoms with Gasteiger partial charge >= 0.3 is 0 Å². The maximum absolute atomic E-state index is 14.0.